The normalized spacial score (nSPS) is 11.4. The van der Waals surface area contributed by atoms with Gasteiger partial charge in [0.1, 0.15) is 5.82 Å². The van der Waals surface area contributed by atoms with Gasteiger partial charge in [-0.25, -0.2) is 13.9 Å². The molecule has 0 saturated carbocycles. The maximum atomic E-state index is 14.6. The van der Waals surface area contributed by atoms with Crippen LogP contribution < -0.4 is 10.0 Å². The van der Waals surface area contributed by atoms with E-state index in [-0.39, 0.29) is 16.8 Å². The van der Waals surface area contributed by atoms with Gasteiger partial charge < -0.3 is 5.32 Å². The fourth-order valence-electron chi connectivity index (χ4n) is 3.31. The van der Waals surface area contributed by atoms with E-state index < -0.39 is 21.9 Å². The Morgan fingerprint density at radius 2 is 1.59 bits per heavy atom. The van der Waals surface area contributed by atoms with Gasteiger partial charge >= 0.3 is 6.03 Å². The number of halogens is 1. The number of rotatable bonds is 6. The lowest BCUT2D eigenvalue weighted by Crippen LogP contribution is -2.35. The molecule has 174 valence electrons. The van der Waals surface area contributed by atoms with Crippen molar-refractivity contribution in [1.29, 1.82) is 0 Å². The summed E-state index contributed by atoms with van der Waals surface area (Å²) < 4.78 is 43.4. The molecule has 2 amide bonds. The molecule has 3 heterocycles. The van der Waals surface area contributed by atoms with Crippen LogP contribution in [0.2, 0.25) is 0 Å². The fourth-order valence-corrected chi connectivity index (χ4v) is 4.15. The molecular formula is C23H21FN6O3S. The molecule has 4 rings (SSSR count). The Morgan fingerprint density at radius 3 is 2.06 bits per heavy atom. The zero-order valence-corrected chi connectivity index (χ0v) is 19.1. The van der Waals surface area contributed by atoms with Crippen molar-refractivity contribution >= 4 is 21.7 Å². The third-order valence-corrected chi connectivity index (χ3v) is 6.12. The average molecular weight is 481 g/mol. The van der Waals surface area contributed by atoms with Gasteiger partial charge in [0.25, 0.3) is 10.0 Å². The molecule has 0 aliphatic rings. The number of amides is 2. The van der Waals surface area contributed by atoms with E-state index in [1.165, 1.54) is 41.5 Å². The van der Waals surface area contributed by atoms with E-state index in [1.54, 1.807) is 36.7 Å². The number of sulfonamides is 1. The van der Waals surface area contributed by atoms with Crippen LogP contribution in [0, 0.1) is 5.82 Å². The van der Waals surface area contributed by atoms with Gasteiger partial charge in [-0.05, 0) is 44.2 Å². The summed E-state index contributed by atoms with van der Waals surface area (Å²) in [6.07, 6.45) is 7.67. The predicted octanol–water partition coefficient (Wildman–Crippen LogP) is 4.24. The van der Waals surface area contributed by atoms with Crippen molar-refractivity contribution < 1.29 is 17.6 Å². The van der Waals surface area contributed by atoms with Crippen LogP contribution in [0.5, 0.6) is 0 Å². The second kappa shape index (κ2) is 9.40. The van der Waals surface area contributed by atoms with Gasteiger partial charge in [0.2, 0.25) is 0 Å². The highest BCUT2D eigenvalue weighted by Gasteiger charge is 2.23. The third-order valence-electron chi connectivity index (χ3n) is 4.90. The summed E-state index contributed by atoms with van der Waals surface area (Å²) in [7, 11) is -4.25. The second-order valence-electron chi connectivity index (χ2n) is 7.65. The predicted molar refractivity (Wildman–Crippen MR) is 125 cm³/mol. The molecule has 0 saturated heterocycles. The maximum absolute atomic E-state index is 14.6. The van der Waals surface area contributed by atoms with Crippen LogP contribution in [-0.4, -0.2) is 34.2 Å². The second-order valence-corrected chi connectivity index (χ2v) is 9.28. The van der Waals surface area contributed by atoms with Gasteiger partial charge in [-0.3, -0.25) is 14.6 Å². The molecule has 0 spiro atoms. The van der Waals surface area contributed by atoms with Gasteiger partial charge in [-0.1, -0.05) is 12.1 Å². The van der Waals surface area contributed by atoms with E-state index in [0.29, 0.717) is 22.3 Å². The standard InChI is InChI=1S/C23H21FN6O3S/c1-15(2)30-10-7-21(28-30)34(32,33)29-23(31)27-22-19(16-5-3-8-25-13-16)11-18(24)12-20(22)17-6-4-9-26-14-17/h3-15H,1-2H3,(H2,27,29,31). The Bertz CT molecular complexity index is 1360. The summed E-state index contributed by atoms with van der Waals surface area (Å²) in [5.41, 5.74) is 1.90. The number of urea groups is 1. The first-order chi connectivity index (χ1) is 16.2. The SMILES string of the molecule is CC(C)n1ccc(S(=O)(=O)NC(=O)Nc2c(-c3cccnc3)cc(F)cc2-c2cccnc2)n1. The molecule has 0 unspecified atom stereocenters. The quantitative estimate of drug-likeness (QED) is 0.426. The summed E-state index contributed by atoms with van der Waals surface area (Å²) in [5.74, 6) is -0.546. The number of aromatic nitrogens is 4. The van der Waals surface area contributed by atoms with E-state index in [0.717, 1.165) is 0 Å². The van der Waals surface area contributed by atoms with Crippen molar-refractivity contribution in [3.8, 4) is 22.3 Å². The highest BCUT2D eigenvalue weighted by Crippen LogP contribution is 2.37. The Balaban J connectivity index is 1.73. The summed E-state index contributed by atoms with van der Waals surface area (Å²) >= 11 is 0. The maximum Gasteiger partial charge on any atom is 0.333 e. The Labute approximate surface area is 195 Å². The number of nitrogens with one attached hydrogen (secondary N) is 2. The lowest BCUT2D eigenvalue weighted by atomic mass is 9.97. The lowest BCUT2D eigenvalue weighted by molar-refractivity contribution is 0.256. The lowest BCUT2D eigenvalue weighted by Gasteiger charge is -2.17. The smallest absolute Gasteiger partial charge is 0.306 e. The minimum absolute atomic E-state index is 0.0546. The van der Waals surface area contributed by atoms with Crippen LogP contribution in [0.4, 0.5) is 14.9 Å². The molecule has 34 heavy (non-hydrogen) atoms. The number of pyridine rings is 2. The number of hydrogen-bond donors (Lipinski definition) is 2. The summed E-state index contributed by atoms with van der Waals surface area (Å²) in [5, 5.41) is 6.28. The molecule has 3 aromatic heterocycles. The largest absolute Gasteiger partial charge is 0.333 e. The molecule has 11 heteroatoms. The first-order valence-corrected chi connectivity index (χ1v) is 11.8. The fraction of sp³-hybridized carbons (Fsp3) is 0.130. The number of carbonyl (C=O) groups excluding carboxylic acids is 1. The van der Waals surface area contributed by atoms with Crippen LogP contribution in [0.3, 0.4) is 0 Å². The van der Waals surface area contributed by atoms with Crippen LogP contribution in [0.15, 0.2) is 78.5 Å². The minimum atomic E-state index is -4.25. The zero-order chi connectivity index (χ0) is 24.3. The highest BCUT2D eigenvalue weighted by molar-refractivity contribution is 7.90. The molecule has 1 aromatic carbocycles. The number of hydrogen-bond acceptors (Lipinski definition) is 6. The third kappa shape index (κ3) is 4.94. The van der Waals surface area contributed by atoms with Gasteiger partial charge in [0.05, 0.1) is 5.69 Å². The van der Waals surface area contributed by atoms with E-state index >= 15 is 0 Å². The van der Waals surface area contributed by atoms with E-state index in [4.69, 9.17) is 0 Å². The van der Waals surface area contributed by atoms with Crippen LogP contribution in [0.25, 0.3) is 22.3 Å². The summed E-state index contributed by atoms with van der Waals surface area (Å²) in [6, 6.07) is 9.45. The highest BCUT2D eigenvalue weighted by atomic mass is 32.2. The Hall–Kier alpha value is -4.12. The molecule has 0 atom stereocenters. The molecular weight excluding hydrogens is 459 g/mol. The molecule has 0 aliphatic carbocycles. The minimum Gasteiger partial charge on any atom is -0.306 e. The molecule has 9 nitrogen and oxygen atoms in total. The van der Waals surface area contributed by atoms with Gasteiger partial charge in [-0.2, -0.15) is 13.5 Å². The average Bonchev–Trinajstić information content (AvgIpc) is 3.33. The Morgan fingerprint density at radius 1 is 1.00 bits per heavy atom. The van der Waals surface area contributed by atoms with Gasteiger partial charge in [0.15, 0.2) is 5.03 Å². The zero-order valence-electron chi connectivity index (χ0n) is 18.3. The topological polar surface area (TPSA) is 119 Å². The first kappa shape index (κ1) is 23.1. The number of benzene rings is 1. The van der Waals surface area contributed by atoms with E-state index in [1.807, 2.05) is 18.6 Å². The van der Waals surface area contributed by atoms with Crippen molar-refractivity contribution in [2.75, 3.05) is 5.32 Å². The molecule has 4 aromatic rings. The van der Waals surface area contributed by atoms with E-state index in [9.17, 15) is 17.6 Å². The first-order valence-electron chi connectivity index (χ1n) is 10.3. The van der Waals surface area contributed by atoms with Crippen molar-refractivity contribution in [1.82, 2.24) is 24.5 Å². The molecule has 0 bridgehead atoms. The van der Waals surface area contributed by atoms with Crippen LogP contribution >= 0.6 is 0 Å². The summed E-state index contributed by atoms with van der Waals surface area (Å²) in [4.78, 5) is 21.0. The molecule has 2 N–H and O–H groups in total. The monoisotopic (exact) mass is 480 g/mol. The van der Waals surface area contributed by atoms with Crippen LogP contribution in [0.1, 0.15) is 19.9 Å². The van der Waals surface area contributed by atoms with Crippen molar-refractivity contribution in [3.63, 3.8) is 0 Å². The van der Waals surface area contributed by atoms with Gasteiger partial charge in [-0.15, -0.1) is 0 Å². The van der Waals surface area contributed by atoms with Crippen LogP contribution in [-0.2, 0) is 10.0 Å². The molecule has 0 aliphatic heterocycles. The Kier molecular flexibility index (Phi) is 6.37. The van der Waals surface area contributed by atoms with Crippen molar-refractivity contribution in [2.24, 2.45) is 0 Å². The van der Waals surface area contributed by atoms with Crippen molar-refractivity contribution in [2.45, 2.75) is 24.9 Å². The number of nitrogens with zero attached hydrogens (tertiary/aromatic N) is 4. The van der Waals surface area contributed by atoms with E-state index in [2.05, 4.69) is 20.4 Å². The number of carbonyl (C=O) groups is 1. The number of anilines is 1. The summed E-state index contributed by atoms with van der Waals surface area (Å²) in [6.45, 7) is 3.69. The van der Waals surface area contributed by atoms with Crippen molar-refractivity contribution in [3.05, 3.63) is 79.3 Å². The van der Waals surface area contributed by atoms with Gasteiger partial charge in [0, 0.05) is 59.3 Å². The molecule has 0 radical (unpaired) electrons. The molecule has 0 fully saturated rings.